The lowest BCUT2D eigenvalue weighted by Gasteiger charge is -1.98. The predicted molar refractivity (Wildman–Crippen MR) is 56.5 cm³/mol. The second-order valence-corrected chi connectivity index (χ2v) is 3.13. The number of rotatable bonds is 2. The highest BCUT2D eigenvalue weighted by atomic mass is 16.3. The van der Waals surface area contributed by atoms with Crippen molar-refractivity contribution in [3.8, 4) is 5.75 Å². The van der Waals surface area contributed by atoms with Crippen LogP contribution >= 0.6 is 0 Å². The summed E-state index contributed by atoms with van der Waals surface area (Å²) in [7, 11) is 0. The SMILES string of the molecule is Cc1ccc(O)c(/C=N/c2ncn[nH]2)c1. The summed E-state index contributed by atoms with van der Waals surface area (Å²) in [6.07, 6.45) is 2.92. The monoisotopic (exact) mass is 202 g/mol. The number of aromatic hydroxyl groups is 1. The number of nitrogens with zero attached hydrogens (tertiary/aromatic N) is 3. The van der Waals surface area contributed by atoms with Gasteiger partial charge in [-0.2, -0.15) is 10.1 Å². The molecule has 0 unspecified atom stereocenters. The van der Waals surface area contributed by atoms with Crippen LogP contribution in [0.5, 0.6) is 5.75 Å². The van der Waals surface area contributed by atoms with Crippen LogP contribution < -0.4 is 0 Å². The second-order valence-electron chi connectivity index (χ2n) is 3.13. The van der Waals surface area contributed by atoms with E-state index >= 15 is 0 Å². The molecule has 0 bridgehead atoms. The number of benzene rings is 1. The molecule has 0 fully saturated rings. The third kappa shape index (κ3) is 2.19. The average Bonchev–Trinajstić information content (AvgIpc) is 2.72. The van der Waals surface area contributed by atoms with Crippen molar-refractivity contribution in [1.82, 2.24) is 15.2 Å². The number of aromatic amines is 1. The molecule has 5 nitrogen and oxygen atoms in total. The zero-order valence-corrected chi connectivity index (χ0v) is 8.18. The van der Waals surface area contributed by atoms with Gasteiger partial charge in [0.15, 0.2) is 0 Å². The largest absolute Gasteiger partial charge is 0.507 e. The van der Waals surface area contributed by atoms with Crippen LogP contribution in [0.25, 0.3) is 0 Å². The quantitative estimate of drug-likeness (QED) is 0.726. The minimum Gasteiger partial charge on any atom is -0.507 e. The van der Waals surface area contributed by atoms with Crippen molar-refractivity contribution < 1.29 is 5.11 Å². The maximum Gasteiger partial charge on any atom is 0.245 e. The first-order valence-electron chi connectivity index (χ1n) is 4.45. The van der Waals surface area contributed by atoms with Crippen molar-refractivity contribution in [2.24, 2.45) is 4.99 Å². The maximum absolute atomic E-state index is 9.53. The lowest BCUT2D eigenvalue weighted by Crippen LogP contribution is -1.84. The van der Waals surface area contributed by atoms with Gasteiger partial charge >= 0.3 is 0 Å². The number of phenolic OH excluding ortho intramolecular Hbond substituents is 1. The van der Waals surface area contributed by atoms with Gasteiger partial charge in [-0.05, 0) is 19.1 Å². The second kappa shape index (κ2) is 3.91. The predicted octanol–water partition coefficient (Wildman–Crippen LogP) is 1.57. The molecule has 5 heteroatoms. The van der Waals surface area contributed by atoms with Crippen LogP contribution in [-0.2, 0) is 0 Å². The molecule has 0 amide bonds. The van der Waals surface area contributed by atoms with E-state index in [0.29, 0.717) is 11.5 Å². The molecule has 0 spiro atoms. The van der Waals surface area contributed by atoms with Crippen LogP contribution in [0.3, 0.4) is 0 Å². The van der Waals surface area contributed by atoms with Crippen LogP contribution in [0.2, 0.25) is 0 Å². The summed E-state index contributed by atoms with van der Waals surface area (Å²) in [6.45, 7) is 1.95. The van der Waals surface area contributed by atoms with Gasteiger partial charge in [-0.3, -0.25) is 0 Å². The Kier molecular flexibility index (Phi) is 2.45. The van der Waals surface area contributed by atoms with Gasteiger partial charge in [-0.1, -0.05) is 11.6 Å². The van der Waals surface area contributed by atoms with Crippen LogP contribution in [0.4, 0.5) is 5.95 Å². The molecule has 2 rings (SSSR count). The Morgan fingerprint density at radius 2 is 2.33 bits per heavy atom. The summed E-state index contributed by atoms with van der Waals surface area (Å²) in [5.41, 5.74) is 1.72. The number of hydrogen-bond donors (Lipinski definition) is 2. The standard InChI is InChI=1S/C10H10N4O/c1-7-2-3-9(15)8(4-7)5-11-10-12-6-13-14-10/h2-6,15H,1H3,(H,12,13,14)/b11-5+. The Morgan fingerprint density at radius 1 is 1.47 bits per heavy atom. The van der Waals surface area contributed by atoms with Gasteiger partial charge in [0.05, 0.1) is 0 Å². The van der Waals surface area contributed by atoms with Gasteiger partial charge in [0.2, 0.25) is 5.95 Å². The Balaban J connectivity index is 2.27. The molecular weight excluding hydrogens is 192 g/mol. The zero-order valence-electron chi connectivity index (χ0n) is 8.18. The normalized spacial score (nSPS) is 11.0. The Bertz CT molecular complexity index is 476. The summed E-state index contributed by atoms with van der Waals surface area (Å²) in [4.78, 5) is 7.86. The van der Waals surface area contributed by atoms with Crippen molar-refractivity contribution in [2.45, 2.75) is 6.92 Å². The van der Waals surface area contributed by atoms with Crippen LogP contribution in [-0.4, -0.2) is 26.5 Å². The first-order chi connectivity index (χ1) is 7.25. The highest BCUT2D eigenvalue weighted by molar-refractivity contribution is 5.84. The van der Waals surface area contributed by atoms with Gasteiger partial charge in [0.25, 0.3) is 0 Å². The fraction of sp³-hybridized carbons (Fsp3) is 0.100. The van der Waals surface area contributed by atoms with Crippen molar-refractivity contribution >= 4 is 12.2 Å². The van der Waals surface area contributed by atoms with E-state index < -0.39 is 0 Å². The van der Waals surface area contributed by atoms with E-state index in [4.69, 9.17) is 0 Å². The Labute approximate surface area is 86.5 Å². The van der Waals surface area contributed by atoms with E-state index in [1.165, 1.54) is 6.33 Å². The van der Waals surface area contributed by atoms with Gasteiger partial charge in [-0.25, -0.2) is 10.1 Å². The molecule has 0 aliphatic heterocycles. The van der Waals surface area contributed by atoms with Crippen molar-refractivity contribution in [2.75, 3.05) is 0 Å². The summed E-state index contributed by atoms with van der Waals surface area (Å²) < 4.78 is 0. The summed E-state index contributed by atoms with van der Waals surface area (Å²) in [5.74, 6) is 0.611. The van der Waals surface area contributed by atoms with Crippen LogP contribution in [0.15, 0.2) is 29.5 Å². The molecule has 2 N–H and O–H groups in total. The number of aryl methyl sites for hydroxylation is 1. The van der Waals surface area contributed by atoms with Crippen molar-refractivity contribution in [1.29, 1.82) is 0 Å². The lowest BCUT2D eigenvalue weighted by molar-refractivity contribution is 0.474. The first-order valence-corrected chi connectivity index (χ1v) is 4.45. The van der Waals surface area contributed by atoms with E-state index in [1.54, 1.807) is 12.3 Å². The molecule has 0 aliphatic carbocycles. The first kappa shape index (κ1) is 9.39. The summed E-state index contributed by atoms with van der Waals surface area (Å²) in [6, 6.07) is 5.31. The molecule has 0 aliphatic rings. The van der Waals surface area contributed by atoms with E-state index in [2.05, 4.69) is 20.2 Å². The van der Waals surface area contributed by atoms with E-state index in [9.17, 15) is 5.11 Å². The maximum atomic E-state index is 9.53. The molecule has 1 heterocycles. The van der Waals surface area contributed by atoms with Gasteiger partial charge in [-0.15, -0.1) is 0 Å². The molecule has 15 heavy (non-hydrogen) atoms. The minimum absolute atomic E-state index is 0.198. The Hall–Kier alpha value is -2.17. The average molecular weight is 202 g/mol. The summed E-state index contributed by atoms with van der Waals surface area (Å²) >= 11 is 0. The van der Waals surface area contributed by atoms with Crippen molar-refractivity contribution in [3.63, 3.8) is 0 Å². The van der Waals surface area contributed by atoms with Crippen molar-refractivity contribution in [3.05, 3.63) is 35.7 Å². The lowest BCUT2D eigenvalue weighted by atomic mass is 10.1. The van der Waals surface area contributed by atoms with E-state index in [-0.39, 0.29) is 5.75 Å². The fourth-order valence-electron chi connectivity index (χ4n) is 1.17. The molecule has 0 radical (unpaired) electrons. The van der Waals surface area contributed by atoms with Gasteiger partial charge in [0, 0.05) is 11.8 Å². The number of aromatic nitrogens is 3. The van der Waals surface area contributed by atoms with E-state index in [0.717, 1.165) is 5.56 Å². The molecule has 1 aromatic carbocycles. The topological polar surface area (TPSA) is 74.2 Å². The molecule has 0 atom stereocenters. The number of nitrogens with one attached hydrogen (secondary N) is 1. The fourth-order valence-corrected chi connectivity index (χ4v) is 1.17. The highest BCUT2D eigenvalue weighted by Gasteiger charge is 1.98. The van der Waals surface area contributed by atoms with Gasteiger partial charge in [0.1, 0.15) is 12.1 Å². The summed E-state index contributed by atoms with van der Waals surface area (Å²) in [5, 5.41) is 15.8. The third-order valence-electron chi connectivity index (χ3n) is 1.91. The highest BCUT2D eigenvalue weighted by Crippen LogP contribution is 2.16. The smallest absolute Gasteiger partial charge is 0.245 e. The Morgan fingerprint density at radius 3 is 3.07 bits per heavy atom. The van der Waals surface area contributed by atoms with Crippen LogP contribution in [0, 0.1) is 6.92 Å². The van der Waals surface area contributed by atoms with Gasteiger partial charge < -0.3 is 5.11 Å². The number of hydrogen-bond acceptors (Lipinski definition) is 4. The molecule has 0 saturated carbocycles. The number of phenols is 1. The minimum atomic E-state index is 0.198. The molecular formula is C10H10N4O. The number of aliphatic imine (C=N–C) groups is 1. The molecule has 2 aromatic rings. The zero-order chi connectivity index (χ0) is 10.7. The molecule has 0 saturated heterocycles. The van der Waals surface area contributed by atoms with E-state index in [1.807, 2.05) is 19.1 Å². The number of H-pyrrole nitrogens is 1. The molecule has 1 aromatic heterocycles. The third-order valence-corrected chi connectivity index (χ3v) is 1.91. The van der Waals surface area contributed by atoms with Crippen LogP contribution in [0.1, 0.15) is 11.1 Å². The molecule has 76 valence electrons.